The number of methoxy groups -OCH3 is 2. The Bertz CT molecular complexity index is 589. The Hall–Kier alpha value is -2.16. The van der Waals surface area contributed by atoms with E-state index in [2.05, 4.69) is 21.7 Å². The van der Waals surface area contributed by atoms with E-state index in [0.29, 0.717) is 22.7 Å². The number of rotatable bonds is 2. The fourth-order valence-corrected chi connectivity index (χ4v) is 2.36. The molecule has 1 amide bonds. The van der Waals surface area contributed by atoms with E-state index in [4.69, 9.17) is 9.47 Å². The van der Waals surface area contributed by atoms with Gasteiger partial charge in [-0.15, -0.1) is 0 Å². The molecular weight excluding hydrogens is 264 g/mol. The molecule has 0 aromatic heterocycles. The number of fused-ring (bicyclic) bond motifs is 2. The van der Waals surface area contributed by atoms with Crippen LogP contribution in [0.5, 0.6) is 11.5 Å². The Morgan fingerprint density at radius 2 is 1.65 bits per heavy atom. The Balaban J connectivity index is 2.12. The van der Waals surface area contributed by atoms with Crippen LogP contribution in [0.4, 0.5) is 5.69 Å². The fraction of sp³-hybridized carbons (Fsp3) is 0.333. The largest absolute Gasteiger partial charge is 0.493 e. The molecule has 106 valence electrons. The maximum absolute atomic E-state index is 12.5. The van der Waals surface area contributed by atoms with Crippen LogP contribution in [0.25, 0.3) is 0 Å². The van der Waals surface area contributed by atoms with Crippen molar-refractivity contribution in [2.75, 3.05) is 19.5 Å². The Morgan fingerprint density at radius 1 is 1.00 bits per heavy atom. The summed E-state index contributed by atoms with van der Waals surface area (Å²) in [7, 11) is 2.98. The second kappa shape index (κ2) is 4.75. The number of ether oxygens (including phenoxy) is 2. The van der Waals surface area contributed by atoms with E-state index in [1.807, 2.05) is 0 Å². The highest BCUT2D eigenvalue weighted by atomic mass is 16.5. The summed E-state index contributed by atoms with van der Waals surface area (Å²) in [4.78, 5) is 24.6. The van der Waals surface area contributed by atoms with Crippen LogP contribution in [0.15, 0.2) is 12.1 Å². The zero-order valence-electron chi connectivity index (χ0n) is 10.9. The van der Waals surface area contributed by atoms with Crippen LogP contribution in [0.1, 0.15) is 10.4 Å². The van der Waals surface area contributed by atoms with E-state index in [1.165, 1.54) is 14.2 Å². The lowest BCUT2D eigenvalue weighted by Crippen LogP contribution is -2.45. The third kappa shape index (κ3) is 1.82. The molecule has 2 heterocycles. The highest BCUT2D eigenvalue weighted by Crippen LogP contribution is 2.35. The zero-order valence-corrected chi connectivity index (χ0v) is 10.9. The molecule has 8 nitrogen and oxygen atoms in total. The van der Waals surface area contributed by atoms with E-state index >= 15 is 0 Å². The molecule has 3 rings (SSSR count). The lowest BCUT2D eigenvalue weighted by molar-refractivity contribution is -0.117. The van der Waals surface area contributed by atoms with Crippen LogP contribution < -0.4 is 31.2 Å². The SMILES string of the molecule is COc1cc2c(cc1OC)C(=O)C1NNNC1C(=O)N2. The summed E-state index contributed by atoms with van der Waals surface area (Å²) in [5.41, 5.74) is 8.84. The first kappa shape index (κ1) is 12.9. The van der Waals surface area contributed by atoms with Crippen molar-refractivity contribution in [2.24, 2.45) is 0 Å². The van der Waals surface area contributed by atoms with Gasteiger partial charge in [0.05, 0.1) is 19.9 Å². The number of hydrazine groups is 2. The molecule has 1 aromatic carbocycles. The van der Waals surface area contributed by atoms with Crippen molar-refractivity contribution >= 4 is 17.4 Å². The van der Waals surface area contributed by atoms with E-state index in [0.717, 1.165) is 0 Å². The molecule has 0 bridgehead atoms. The monoisotopic (exact) mass is 278 g/mol. The van der Waals surface area contributed by atoms with Crippen LogP contribution in [-0.2, 0) is 4.79 Å². The fourth-order valence-electron chi connectivity index (χ4n) is 2.36. The Labute approximate surface area is 114 Å². The van der Waals surface area contributed by atoms with Gasteiger partial charge >= 0.3 is 0 Å². The molecule has 20 heavy (non-hydrogen) atoms. The van der Waals surface area contributed by atoms with Gasteiger partial charge in [-0.3, -0.25) is 9.59 Å². The number of carbonyl (C=O) groups is 2. The zero-order chi connectivity index (χ0) is 14.3. The molecule has 0 saturated carbocycles. The van der Waals surface area contributed by atoms with Gasteiger partial charge in [-0.2, -0.15) is 5.53 Å². The van der Waals surface area contributed by atoms with Gasteiger partial charge in [0, 0.05) is 11.6 Å². The number of nitrogens with one attached hydrogen (secondary N) is 4. The molecule has 1 saturated heterocycles. The minimum atomic E-state index is -0.674. The van der Waals surface area contributed by atoms with Crippen molar-refractivity contribution in [1.82, 2.24) is 16.4 Å². The first-order valence-corrected chi connectivity index (χ1v) is 6.03. The molecule has 0 radical (unpaired) electrons. The normalized spacial score (nSPS) is 24.5. The van der Waals surface area contributed by atoms with Crippen molar-refractivity contribution in [3.8, 4) is 11.5 Å². The third-order valence-electron chi connectivity index (χ3n) is 3.40. The predicted molar refractivity (Wildman–Crippen MR) is 69.5 cm³/mol. The lowest BCUT2D eigenvalue weighted by atomic mass is 9.99. The first-order valence-electron chi connectivity index (χ1n) is 6.03. The van der Waals surface area contributed by atoms with Gasteiger partial charge in [-0.1, -0.05) is 0 Å². The van der Waals surface area contributed by atoms with Gasteiger partial charge in [0.1, 0.15) is 12.1 Å². The minimum Gasteiger partial charge on any atom is -0.493 e. The maximum Gasteiger partial charge on any atom is 0.245 e. The number of Topliss-reactive ketones (excluding diaryl/α,β-unsaturated/α-hetero) is 1. The molecule has 2 atom stereocenters. The summed E-state index contributed by atoms with van der Waals surface area (Å²) in [5.74, 6) is 0.380. The van der Waals surface area contributed by atoms with E-state index in [1.54, 1.807) is 12.1 Å². The number of hydrogen-bond acceptors (Lipinski definition) is 7. The van der Waals surface area contributed by atoms with E-state index in [-0.39, 0.29) is 11.7 Å². The van der Waals surface area contributed by atoms with Crippen LogP contribution in [-0.4, -0.2) is 38.0 Å². The number of anilines is 1. The van der Waals surface area contributed by atoms with E-state index in [9.17, 15) is 9.59 Å². The summed E-state index contributed by atoms with van der Waals surface area (Å²) in [6.07, 6.45) is 0. The topological polar surface area (TPSA) is 101 Å². The quantitative estimate of drug-likeness (QED) is 0.561. The van der Waals surface area contributed by atoms with Gasteiger partial charge in [-0.05, 0) is 6.07 Å². The second-order valence-electron chi connectivity index (χ2n) is 4.48. The molecular formula is C12H14N4O4. The van der Waals surface area contributed by atoms with Gasteiger partial charge in [0.25, 0.3) is 0 Å². The Kier molecular flexibility index (Phi) is 3.05. The maximum atomic E-state index is 12.5. The predicted octanol–water partition coefficient (Wildman–Crippen LogP) is -0.812. The summed E-state index contributed by atoms with van der Waals surface area (Å²) in [6.45, 7) is 0. The van der Waals surface area contributed by atoms with Crippen LogP contribution in [0.2, 0.25) is 0 Å². The van der Waals surface area contributed by atoms with Gasteiger partial charge < -0.3 is 14.8 Å². The highest BCUT2D eigenvalue weighted by Gasteiger charge is 2.42. The first-order chi connectivity index (χ1) is 9.65. The number of ketones is 1. The van der Waals surface area contributed by atoms with Crippen LogP contribution >= 0.6 is 0 Å². The molecule has 1 aromatic rings. The molecule has 0 spiro atoms. The number of amides is 1. The van der Waals surface area contributed by atoms with Gasteiger partial charge in [0.2, 0.25) is 5.91 Å². The summed E-state index contributed by atoms with van der Waals surface area (Å²) in [6, 6.07) is 1.80. The minimum absolute atomic E-state index is 0.207. The van der Waals surface area contributed by atoms with E-state index < -0.39 is 12.1 Å². The molecule has 4 N–H and O–H groups in total. The summed E-state index contributed by atoms with van der Waals surface area (Å²) < 4.78 is 10.4. The lowest BCUT2D eigenvalue weighted by Gasteiger charge is -2.13. The standard InChI is InChI=1S/C12H14N4O4/c1-19-7-3-5-6(4-8(7)20-2)13-12(18)10-9(11(5)17)14-16-15-10/h3-4,9-10,14-16H,1-2H3,(H,13,18). The highest BCUT2D eigenvalue weighted by molar-refractivity contribution is 6.14. The molecule has 0 aliphatic carbocycles. The van der Waals surface area contributed by atoms with Gasteiger partial charge in [0.15, 0.2) is 17.3 Å². The molecule has 8 heteroatoms. The third-order valence-corrected chi connectivity index (χ3v) is 3.40. The van der Waals surface area contributed by atoms with Crippen LogP contribution in [0, 0.1) is 0 Å². The van der Waals surface area contributed by atoms with Crippen molar-refractivity contribution in [1.29, 1.82) is 0 Å². The smallest absolute Gasteiger partial charge is 0.245 e. The number of benzene rings is 1. The summed E-state index contributed by atoms with van der Waals surface area (Å²) in [5, 5.41) is 2.71. The average molecular weight is 278 g/mol. The number of hydrogen-bond donors (Lipinski definition) is 4. The van der Waals surface area contributed by atoms with Crippen LogP contribution in [0.3, 0.4) is 0 Å². The van der Waals surface area contributed by atoms with Gasteiger partial charge in [-0.25, -0.2) is 10.9 Å². The molecule has 1 fully saturated rings. The van der Waals surface area contributed by atoms with Crippen molar-refractivity contribution in [2.45, 2.75) is 12.1 Å². The molecule has 2 aliphatic heterocycles. The molecule has 2 unspecified atom stereocenters. The average Bonchev–Trinajstić information content (AvgIpc) is 2.92. The van der Waals surface area contributed by atoms with Crippen molar-refractivity contribution in [3.05, 3.63) is 17.7 Å². The van der Waals surface area contributed by atoms with Crippen molar-refractivity contribution in [3.63, 3.8) is 0 Å². The second-order valence-corrected chi connectivity index (χ2v) is 4.48. The summed E-state index contributed by atoms with van der Waals surface area (Å²) >= 11 is 0. The number of carbonyl (C=O) groups excluding carboxylic acids is 2. The molecule has 2 aliphatic rings. The Morgan fingerprint density at radius 3 is 2.35 bits per heavy atom. The van der Waals surface area contributed by atoms with Crippen molar-refractivity contribution < 1.29 is 19.1 Å².